The van der Waals surface area contributed by atoms with Crippen LogP contribution in [0, 0.1) is 6.92 Å². The van der Waals surface area contributed by atoms with Crippen LogP contribution < -0.4 is 0 Å². The average Bonchev–Trinajstić information content (AvgIpc) is 3.12. The Balaban J connectivity index is 1.61. The number of carbonyl (C=O) groups is 2. The lowest BCUT2D eigenvalue weighted by molar-refractivity contribution is -0.222. The van der Waals surface area contributed by atoms with E-state index in [1.807, 2.05) is 80.7 Å². The van der Waals surface area contributed by atoms with Gasteiger partial charge in [-0.2, -0.15) is 0 Å². The van der Waals surface area contributed by atoms with Crippen molar-refractivity contribution in [2.24, 2.45) is 0 Å². The van der Waals surface area contributed by atoms with Crippen LogP contribution in [0.3, 0.4) is 0 Å². The van der Waals surface area contributed by atoms with E-state index in [1.165, 1.54) is 12.1 Å². The van der Waals surface area contributed by atoms with Gasteiger partial charge in [0.1, 0.15) is 18.8 Å². The SMILES string of the molecule is Cc1ccc(S(=O)(=O)S[C@@H]2O[C@H](C(=O)OCc3ccccc3)[C@@H](O[Si](C)(C)C(C)(C)C)[C@H](OCc3ccccc3)[C@H]2OC(=O)c2ccccc2)cc1. The molecule has 12 heteroatoms. The van der Waals surface area contributed by atoms with Gasteiger partial charge in [-0.1, -0.05) is 117 Å². The lowest BCUT2D eigenvalue weighted by atomic mass is 9.99. The number of hydrogen-bond donors (Lipinski definition) is 0. The van der Waals surface area contributed by atoms with E-state index in [0.717, 1.165) is 16.7 Å². The highest BCUT2D eigenvalue weighted by Gasteiger charge is 2.56. The topological polar surface area (TPSA) is 114 Å². The van der Waals surface area contributed by atoms with E-state index in [9.17, 15) is 18.0 Å². The van der Waals surface area contributed by atoms with Crippen LogP contribution in [0.25, 0.3) is 0 Å². The molecule has 5 atom stereocenters. The summed E-state index contributed by atoms with van der Waals surface area (Å²) in [5.74, 6) is -1.47. The van der Waals surface area contributed by atoms with Crippen molar-refractivity contribution >= 4 is 39.9 Å². The molecule has 0 radical (unpaired) electrons. The maximum absolute atomic E-state index is 14.2. The van der Waals surface area contributed by atoms with Crippen LogP contribution in [-0.2, 0) is 50.3 Å². The molecule has 1 heterocycles. The summed E-state index contributed by atoms with van der Waals surface area (Å²) < 4.78 is 60.0. The molecule has 52 heavy (non-hydrogen) atoms. The zero-order valence-corrected chi connectivity index (χ0v) is 32.9. The predicted octanol–water partition coefficient (Wildman–Crippen LogP) is 8.09. The van der Waals surface area contributed by atoms with Gasteiger partial charge >= 0.3 is 11.9 Å². The molecule has 0 spiro atoms. The van der Waals surface area contributed by atoms with E-state index in [-0.39, 0.29) is 28.7 Å². The summed E-state index contributed by atoms with van der Waals surface area (Å²) >= 11 is 0. The van der Waals surface area contributed by atoms with Crippen LogP contribution in [0.1, 0.15) is 47.8 Å². The first-order valence-corrected chi connectivity index (χ1v) is 22.9. The molecule has 0 amide bonds. The molecule has 9 nitrogen and oxygen atoms in total. The van der Waals surface area contributed by atoms with Crippen molar-refractivity contribution in [1.29, 1.82) is 0 Å². The Morgan fingerprint density at radius 1 is 0.750 bits per heavy atom. The molecule has 1 saturated heterocycles. The summed E-state index contributed by atoms with van der Waals surface area (Å²) in [5, 5.41) is -0.313. The van der Waals surface area contributed by atoms with Gasteiger partial charge in [-0.05, 0) is 60.4 Å². The Labute approximate surface area is 311 Å². The molecule has 1 aliphatic rings. The second-order valence-corrected chi connectivity index (χ2v) is 22.9. The molecule has 0 aliphatic carbocycles. The molecule has 1 aliphatic heterocycles. The Bertz CT molecular complexity index is 1880. The molecular weight excluding hydrogens is 717 g/mol. The Hall–Kier alpha value is -3.78. The van der Waals surface area contributed by atoms with Gasteiger partial charge in [0.25, 0.3) is 0 Å². The molecule has 0 aromatic heterocycles. The van der Waals surface area contributed by atoms with Gasteiger partial charge in [0.15, 0.2) is 26.0 Å². The summed E-state index contributed by atoms with van der Waals surface area (Å²) in [6.07, 6.45) is -5.07. The molecule has 0 N–H and O–H groups in total. The van der Waals surface area contributed by atoms with Crippen molar-refractivity contribution in [3.05, 3.63) is 138 Å². The van der Waals surface area contributed by atoms with E-state index >= 15 is 0 Å². The number of aryl methyl sites for hydroxylation is 1. The lowest BCUT2D eigenvalue weighted by Crippen LogP contribution is -2.64. The first-order chi connectivity index (χ1) is 24.6. The van der Waals surface area contributed by atoms with E-state index < -0.39 is 59.0 Å². The van der Waals surface area contributed by atoms with Crippen molar-refractivity contribution in [1.82, 2.24) is 0 Å². The molecular formula is C40H46O9S2Si. The summed E-state index contributed by atoms with van der Waals surface area (Å²) in [6.45, 7) is 12.1. The van der Waals surface area contributed by atoms with Crippen molar-refractivity contribution in [2.75, 3.05) is 0 Å². The van der Waals surface area contributed by atoms with Crippen molar-refractivity contribution in [3.63, 3.8) is 0 Å². The second-order valence-electron chi connectivity index (χ2n) is 14.2. The minimum atomic E-state index is -4.12. The van der Waals surface area contributed by atoms with E-state index in [0.29, 0.717) is 10.8 Å². The van der Waals surface area contributed by atoms with Crippen LogP contribution in [0.15, 0.2) is 120 Å². The number of hydrogen-bond acceptors (Lipinski definition) is 10. The fourth-order valence-electron chi connectivity index (χ4n) is 5.27. The quantitative estimate of drug-likeness (QED) is 0.0753. The number of carbonyl (C=O) groups excluding carboxylic acids is 2. The minimum absolute atomic E-state index is 0.0319. The van der Waals surface area contributed by atoms with Crippen LogP contribution in [0.4, 0.5) is 0 Å². The standard InChI is InChI=1S/C40H46O9S2Si/c1-28-22-24-32(25-23-28)51(43,44)50-39-36(47-37(41)31-20-14-9-15-21-31)33(45-26-29-16-10-7-11-17-29)34(49-52(5,6)40(2,3)4)35(48-39)38(42)46-27-30-18-12-8-13-19-30/h7-25,33-36,39H,26-27H2,1-6H3/t33-,34-,35-,36+,39-/m0/s1. The monoisotopic (exact) mass is 762 g/mol. The summed E-state index contributed by atoms with van der Waals surface area (Å²) in [7, 11) is -6.38. The zero-order chi connectivity index (χ0) is 37.5. The largest absolute Gasteiger partial charge is 0.459 e. The Morgan fingerprint density at radius 3 is 1.85 bits per heavy atom. The van der Waals surface area contributed by atoms with Crippen molar-refractivity contribution in [2.45, 2.75) is 93.8 Å². The highest BCUT2D eigenvalue weighted by molar-refractivity contribution is 8.72. The third-order valence-corrected chi connectivity index (χ3v) is 17.3. The van der Waals surface area contributed by atoms with Gasteiger partial charge in [-0.3, -0.25) is 0 Å². The van der Waals surface area contributed by atoms with Gasteiger partial charge in [0, 0.05) is 10.8 Å². The van der Waals surface area contributed by atoms with Crippen LogP contribution in [-0.4, -0.2) is 58.5 Å². The first-order valence-electron chi connectivity index (χ1n) is 17.1. The molecule has 0 bridgehead atoms. The summed E-state index contributed by atoms with van der Waals surface area (Å²) in [5.41, 5.74) is 1.28. The fourth-order valence-corrected chi connectivity index (χ4v) is 9.75. The van der Waals surface area contributed by atoms with Gasteiger partial charge in [0.05, 0.1) is 17.1 Å². The molecule has 0 unspecified atom stereocenters. The number of benzene rings is 4. The summed E-state index contributed by atoms with van der Waals surface area (Å²) in [6, 6.07) is 33.4. The number of ether oxygens (including phenoxy) is 4. The zero-order valence-electron chi connectivity index (χ0n) is 30.3. The van der Waals surface area contributed by atoms with E-state index in [4.69, 9.17) is 23.4 Å². The molecule has 1 fully saturated rings. The van der Waals surface area contributed by atoms with Crippen molar-refractivity contribution < 1.29 is 41.4 Å². The Morgan fingerprint density at radius 2 is 1.29 bits per heavy atom. The second kappa shape index (κ2) is 16.9. The fraction of sp³-hybridized carbons (Fsp3) is 0.350. The number of esters is 2. The van der Waals surface area contributed by atoms with Crippen LogP contribution in [0.5, 0.6) is 0 Å². The third-order valence-electron chi connectivity index (χ3n) is 9.26. The van der Waals surface area contributed by atoms with Crippen molar-refractivity contribution in [3.8, 4) is 0 Å². The minimum Gasteiger partial charge on any atom is -0.459 e. The van der Waals surface area contributed by atoms with E-state index in [1.54, 1.807) is 42.5 Å². The van der Waals surface area contributed by atoms with Gasteiger partial charge < -0.3 is 23.4 Å². The Kier molecular flexibility index (Phi) is 12.8. The van der Waals surface area contributed by atoms with Gasteiger partial charge in [-0.15, -0.1) is 0 Å². The average molecular weight is 763 g/mol. The third kappa shape index (κ3) is 10.00. The maximum Gasteiger partial charge on any atom is 0.338 e. The normalized spacial score (nSPS) is 20.9. The molecule has 4 aromatic rings. The highest BCUT2D eigenvalue weighted by Crippen LogP contribution is 2.43. The van der Waals surface area contributed by atoms with Gasteiger partial charge in [0.2, 0.25) is 8.87 Å². The van der Waals surface area contributed by atoms with E-state index in [2.05, 4.69) is 20.8 Å². The maximum atomic E-state index is 14.2. The lowest BCUT2D eigenvalue weighted by Gasteiger charge is -2.48. The molecule has 0 saturated carbocycles. The highest BCUT2D eigenvalue weighted by atomic mass is 33.1. The predicted molar refractivity (Wildman–Crippen MR) is 204 cm³/mol. The molecule has 5 rings (SSSR count). The van der Waals surface area contributed by atoms with Crippen LogP contribution in [0.2, 0.25) is 18.1 Å². The first kappa shape index (κ1) is 39.4. The molecule has 276 valence electrons. The van der Waals surface area contributed by atoms with Gasteiger partial charge in [-0.25, -0.2) is 18.0 Å². The molecule has 4 aromatic carbocycles. The summed E-state index contributed by atoms with van der Waals surface area (Å²) in [4.78, 5) is 28.0. The number of rotatable bonds is 13. The smallest absolute Gasteiger partial charge is 0.338 e. The van der Waals surface area contributed by atoms with Crippen LogP contribution >= 0.6 is 10.8 Å².